The van der Waals surface area contributed by atoms with Gasteiger partial charge in [-0.05, 0) is 26.3 Å². The van der Waals surface area contributed by atoms with Gasteiger partial charge in [-0.1, -0.05) is 41.6 Å². The van der Waals surface area contributed by atoms with Crippen LogP contribution >= 0.6 is 23.1 Å². The van der Waals surface area contributed by atoms with Crippen molar-refractivity contribution in [2.75, 3.05) is 0 Å². The highest BCUT2D eigenvalue weighted by atomic mass is 32.2. The summed E-state index contributed by atoms with van der Waals surface area (Å²) < 4.78 is 0. The number of nitrogens with zero attached hydrogens (tertiary/aromatic N) is 2. The molecule has 0 aliphatic rings. The number of rotatable bonds is 4. The molecule has 0 spiro atoms. The number of carbonyl (C=O) groups excluding carboxylic acids is 1. The maximum Gasteiger partial charge on any atom is 0.142 e. The molecule has 0 saturated heterocycles. The van der Waals surface area contributed by atoms with Gasteiger partial charge in [0, 0.05) is 10.9 Å². The lowest BCUT2D eigenvalue weighted by Crippen LogP contribution is -2.08. The number of ketones is 1. The van der Waals surface area contributed by atoms with Crippen molar-refractivity contribution in [2.24, 2.45) is 0 Å². The highest BCUT2D eigenvalue weighted by Crippen LogP contribution is 2.39. The largest absolute Gasteiger partial charge is 0.299 e. The monoisotopic (exact) mass is 328 g/mol. The Kier molecular flexibility index (Phi) is 4.27. The minimum Gasteiger partial charge on any atom is -0.299 e. The van der Waals surface area contributed by atoms with Gasteiger partial charge in [-0.2, -0.15) is 0 Å². The number of aryl methyl sites for hydroxylation is 1. The van der Waals surface area contributed by atoms with Crippen LogP contribution in [0, 0.1) is 6.92 Å². The number of thioether (sulfide) groups is 1. The van der Waals surface area contributed by atoms with Crippen molar-refractivity contribution in [3.8, 4) is 11.1 Å². The molecule has 0 fully saturated rings. The zero-order chi connectivity index (χ0) is 15.7. The third-order valence-corrected chi connectivity index (χ3v) is 5.66. The molecule has 0 radical (unpaired) electrons. The molecule has 0 N–H and O–H groups in total. The SMILES string of the molecule is CC(=O)[C@@H](C)Sc1ncnc2scc(-c3ccc(C)cc3)c12. The van der Waals surface area contributed by atoms with Gasteiger partial charge < -0.3 is 0 Å². The molecule has 112 valence electrons. The first kappa shape index (κ1) is 15.2. The summed E-state index contributed by atoms with van der Waals surface area (Å²) in [6, 6.07) is 8.45. The quantitative estimate of drug-likeness (QED) is 0.512. The summed E-state index contributed by atoms with van der Waals surface area (Å²) in [5.74, 6) is 0.156. The van der Waals surface area contributed by atoms with Crippen molar-refractivity contribution in [1.82, 2.24) is 9.97 Å². The summed E-state index contributed by atoms with van der Waals surface area (Å²) in [6.07, 6.45) is 1.58. The zero-order valence-electron chi connectivity index (χ0n) is 12.7. The van der Waals surface area contributed by atoms with Gasteiger partial charge in [0.1, 0.15) is 22.0 Å². The molecule has 2 heterocycles. The molecule has 0 saturated carbocycles. The first-order chi connectivity index (χ1) is 10.6. The van der Waals surface area contributed by atoms with E-state index in [1.165, 1.54) is 17.3 Å². The van der Waals surface area contributed by atoms with E-state index in [0.29, 0.717) is 0 Å². The summed E-state index contributed by atoms with van der Waals surface area (Å²) in [7, 11) is 0. The van der Waals surface area contributed by atoms with E-state index in [-0.39, 0.29) is 11.0 Å². The Bertz CT molecular complexity index is 824. The first-order valence-corrected chi connectivity index (χ1v) is 8.78. The van der Waals surface area contributed by atoms with Gasteiger partial charge in [-0.25, -0.2) is 9.97 Å². The molecule has 1 atom stereocenters. The van der Waals surface area contributed by atoms with E-state index in [0.717, 1.165) is 26.4 Å². The van der Waals surface area contributed by atoms with Gasteiger partial charge in [0.15, 0.2) is 0 Å². The van der Waals surface area contributed by atoms with Gasteiger partial charge in [-0.15, -0.1) is 11.3 Å². The van der Waals surface area contributed by atoms with Crippen LogP contribution in [-0.4, -0.2) is 21.0 Å². The normalized spacial score (nSPS) is 12.5. The van der Waals surface area contributed by atoms with Gasteiger partial charge in [0.05, 0.1) is 10.6 Å². The molecular formula is C17H16N2OS2. The van der Waals surface area contributed by atoms with Crippen molar-refractivity contribution in [3.05, 3.63) is 41.5 Å². The molecule has 3 nitrogen and oxygen atoms in total. The van der Waals surface area contributed by atoms with Crippen molar-refractivity contribution in [1.29, 1.82) is 0 Å². The lowest BCUT2D eigenvalue weighted by Gasteiger charge is -2.09. The lowest BCUT2D eigenvalue weighted by molar-refractivity contribution is -0.116. The van der Waals surface area contributed by atoms with Gasteiger partial charge in [0.25, 0.3) is 0 Å². The Morgan fingerprint density at radius 3 is 2.64 bits per heavy atom. The third-order valence-electron chi connectivity index (χ3n) is 3.56. The molecule has 0 unspecified atom stereocenters. The molecule has 0 bridgehead atoms. The van der Waals surface area contributed by atoms with Crippen LogP contribution in [0.2, 0.25) is 0 Å². The molecule has 0 amide bonds. The minimum absolute atomic E-state index is 0.108. The summed E-state index contributed by atoms with van der Waals surface area (Å²) in [4.78, 5) is 21.3. The number of fused-ring (bicyclic) bond motifs is 1. The second kappa shape index (κ2) is 6.18. The Morgan fingerprint density at radius 2 is 1.95 bits per heavy atom. The zero-order valence-corrected chi connectivity index (χ0v) is 14.3. The Labute approximate surface area is 137 Å². The molecule has 0 aliphatic heterocycles. The number of Topliss-reactive ketones (excluding diaryl/α,β-unsaturated/α-hetero) is 1. The summed E-state index contributed by atoms with van der Waals surface area (Å²) in [5, 5.41) is 3.94. The van der Waals surface area contributed by atoms with Crippen LogP contribution in [0.15, 0.2) is 41.0 Å². The number of hydrogen-bond acceptors (Lipinski definition) is 5. The fourth-order valence-corrected chi connectivity index (χ4v) is 4.05. The summed E-state index contributed by atoms with van der Waals surface area (Å²) >= 11 is 3.12. The van der Waals surface area contributed by atoms with Gasteiger partial charge in [0.2, 0.25) is 0 Å². The minimum atomic E-state index is -0.108. The first-order valence-electron chi connectivity index (χ1n) is 7.02. The van der Waals surface area contributed by atoms with Gasteiger partial charge >= 0.3 is 0 Å². The van der Waals surface area contributed by atoms with E-state index in [4.69, 9.17) is 0 Å². The number of thiophene rings is 1. The predicted molar refractivity (Wildman–Crippen MR) is 93.6 cm³/mol. The number of carbonyl (C=O) groups is 1. The molecule has 5 heteroatoms. The van der Waals surface area contributed by atoms with Crippen LogP contribution in [0.1, 0.15) is 19.4 Å². The third kappa shape index (κ3) is 2.91. The molecule has 0 aliphatic carbocycles. The second-order valence-electron chi connectivity index (χ2n) is 5.25. The smallest absolute Gasteiger partial charge is 0.142 e. The number of benzene rings is 1. The standard InChI is InChI=1S/C17H16N2OS2/c1-10-4-6-13(7-5-10)14-8-21-16-15(14)17(19-9-18-16)22-12(3)11(2)20/h4-9,12H,1-3H3/t12-/m1/s1. The van der Waals surface area contributed by atoms with Crippen molar-refractivity contribution >= 4 is 39.1 Å². The van der Waals surface area contributed by atoms with E-state index in [9.17, 15) is 4.79 Å². The molecule has 1 aromatic carbocycles. The van der Waals surface area contributed by atoms with Gasteiger partial charge in [-0.3, -0.25) is 4.79 Å². The van der Waals surface area contributed by atoms with E-state index < -0.39 is 0 Å². The van der Waals surface area contributed by atoms with Crippen molar-refractivity contribution in [2.45, 2.75) is 31.0 Å². The molecule has 3 rings (SSSR count). The van der Waals surface area contributed by atoms with Crippen LogP contribution < -0.4 is 0 Å². The predicted octanol–water partition coefficient (Wildman–Crippen LogP) is 4.74. The number of hydrogen-bond donors (Lipinski definition) is 0. The molecule has 2 aromatic heterocycles. The fraction of sp³-hybridized carbons (Fsp3) is 0.235. The van der Waals surface area contributed by atoms with E-state index >= 15 is 0 Å². The topological polar surface area (TPSA) is 42.9 Å². The average Bonchev–Trinajstić information content (AvgIpc) is 2.93. The second-order valence-corrected chi connectivity index (χ2v) is 7.43. The Balaban J connectivity index is 2.12. The van der Waals surface area contributed by atoms with Crippen molar-refractivity contribution in [3.63, 3.8) is 0 Å². The Hall–Kier alpha value is -1.72. The highest BCUT2D eigenvalue weighted by Gasteiger charge is 2.17. The molecule has 22 heavy (non-hydrogen) atoms. The summed E-state index contributed by atoms with van der Waals surface area (Å²) in [5.41, 5.74) is 3.53. The van der Waals surface area contributed by atoms with E-state index in [1.807, 2.05) is 6.92 Å². The van der Waals surface area contributed by atoms with Crippen LogP contribution in [0.5, 0.6) is 0 Å². The summed E-state index contributed by atoms with van der Waals surface area (Å²) in [6.45, 7) is 5.61. The van der Waals surface area contributed by atoms with Crippen LogP contribution in [0.4, 0.5) is 0 Å². The number of aromatic nitrogens is 2. The van der Waals surface area contributed by atoms with Crippen LogP contribution in [0.25, 0.3) is 21.3 Å². The maximum atomic E-state index is 11.6. The lowest BCUT2D eigenvalue weighted by atomic mass is 10.1. The highest BCUT2D eigenvalue weighted by molar-refractivity contribution is 8.00. The molecule has 3 aromatic rings. The van der Waals surface area contributed by atoms with E-state index in [2.05, 4.69) is 46.5 Å². The fourth-order valence-electron chi connectivity index (χ4n) is 2.13. The molecular weight excluding hydrogens is 312 g/mol. The Morgan fingerprint density at radius 1 is 1.23 bits per heavy atom. The van der Waals surface area contributed by atoms with E-state index in [1.54, 1.807) is 24.6 Å². The van der Waals surface area contributed by atoms with Crippen LogP contribution in [0.3, 0.4) is 0 Å². The average molecular weight is 328 g/mol. The van der Waals surface area contributed by atoms with Crippen molar-refractivity contribution < 1.29 is 4.79 Å². The maximum absolute atomic E-state index is 11.6. The van der Waals surface area contributed by atoms with Crippen LogP contribution in [-0.2, 0) is 4.79 Å².